The van der Waals surface area contributed by atoms with E-state index in [0.29, 0.717) is 18.7 Å². The van der Waals surface area contributed by atoms with E-state index in [0.717, 1.165) is 27.8 Å². The van der Waals surface area contributed by atoms with Gasteiger partial charge in [0.2, 0.25) is 0 Å². The lowest BCUT2D eigenvalue weighted by atomic mass is 9.87. The van der Waals surface area contributed by atoms with E-state index in [1.807, 2.05) is 40.5 Å². The largest absolute Gasteiger partial charge is 0.486 e. The van der Waals surface area contributed by atoms with Gasteiger partial charge in [0.05, 0.1) is 23.5 Å². The quantitative estimate of drug-likeness (QED) is 0.333. The van der Waals surface area contributed by atoms with Crippen molar-refractivity contribution >= 4 is 28.6 Å². The second-order valence-electron chi connectivity index (χ2n) is 8.69. The Balaban J connectivity index is 1.54. The number of nitrogens with zero attached hydrogens (tertiary/aromatic N) is 2. The maximum Gasteiger partial charge on any atom is 0.337 e. The number of aromatic carboxylic acids is 1. The molecule has 0 atom stereocenters. The van der Waals surface area contributed by atoms with Crippen LogP contribution in [-0.4, -0.2) is 20.6 Å². The summed E-state index contributed by atoms with van der Waals surface area (Å²) in [6, 6.07) is 13.9. The third kappa shape index (κ3) is 4.79. The average molecular weight is 467 g/mol. The SMILES string of the molecule is Cc1c(C(=O)O)cc(-c2csc(COc3ccc(C(C)(C)C)cc3)n2)n1Cc1cccs1. The Hall–Kier alpha value is -2.90. The molecule has 0 saturated heterocycles. The molecule has 0 unspecified atom stereocenters. The van der Waals surface area contributed by atoms with Crippen LogP contribution < -0.4 is 4.74 Å². The van der Waals surface area contributed by atoms with Gasteiger partial charge in [0, 0.05) is 16.0 Å². The summed E-state index contributed by atoms with van der Waals surface area (Å²) in [5.41, 5.74) is 3.98. The van der Waals surface area contributed by atoms with Crippen LogP contribution in [0.2, 0.25) is 0 Å². The molecule has 32 heavy (non-hydrogen) atoms. The number of thiophene rings is 1. The number of hydrogen-bond donors (Lipinski definition) is 1. The highest BCUT2D eigenvalue weighted by Gasteiger charge is 2.20. The van der Waals surface area contributed by atoms with Crippen molar-refractivity contribution < 1.29 is 14.6 Å². The molecule has 7 heteroatoms. The summed E-state index contributed by atoms with van der Waals surface area (Å²) < 4.78 is 7.97. The molecule has 5 nitrogen and oxygen atoms in total. The third-order valence-electron chi connectivity index (χ3n) is 5.39. The Morgan fingerprint density at radius 2 is 1.91 bits per heavy atom. The monoisotopic (exact) mass is 466 g/mol. The smallest absolute Gasteiger partial charge is 0.337 e. The van der Waals surface area contributed by atoms with Gasteiger partial charge in [-0.25, -0.2) is 9.78 Å². The molecule has 0 aliphatic heterocycles. The van der Waals surface area contributed by atoms with E-state index in [-0.39, 0.29) is 5.41 Å². The molecule has 0 aliphatic carbocycles. The number of benzene rings is 1. The molecule has 3 aromatic heterocycles. The van der Waals surface area contributed by atoms with Crippen LogP contribution in [-0.2, 0) is 18.6 Å². The highest BCUT2D eigenvalue weighted by molar-refractivity contribution is 7.10. The fourth-order valence-corrected chi connectivity index (χ4v) is 4.92. The van der Waals surface area contributed by atoms with Crippen molar-refractivity contribution in [3.8, 4) is 17.1 Å². The van der Waals surface area contributed by atoms with Gasteiger partial charge in [-0.2, -0.15) is 0 Å². The van der Waals surface area contributed by atoms with Gasteiger partial charge in [0.1, 0.15) is 17.4 Å². The number of rotatable bonds is 7. The van der Waals surface area contributed by atoms with Gasteiger partial charge in [-0.1, -0.05) is 39.0 Å². The number of carboxylic acid groups (broad SMARTS) is 1. The molecule has 0 saturated carbocycles. The van der Waals surface area contributed by atoms with Gasteiger partial charge < -0.3 is 14.4 Å². The van der Waals surface area contributed by atoms with E-state index in [9.17, 15) is 9.90 Å². The average Bonchev–Trinajstić information content (AvgIpc) is 3.48. The summed E-state index contributed by atoms with van der Waals surface area (Å²) >= 11 is 3.17. The molecule has 1 N–H and O–H groups in total. The van der Waals surface area contributed by atoms with E-state index in [4.69, 9.17) is 9.72 Å². The van der Waals surface area contributed by atoms with Gasteiger partial charge in [-0.05, 0) is 47.5 Å². The molecule has 0 aliphatic rings. The van der Waals surface area contributed by atoms with Crippen LogP contribution in [0.1, 0.15) is 52.3 Å². The van der Waals surface area contributed by atoms with Gasteiger partial charge in [0.25, 0.3) is 0 Å². The summed E-state index contributed by atoms with van der Waals surface area (Å²) in [5.74, 6) is -0.119. The first-order valence-electron chi connectivity index (χ1n) is 10.4. The van der Waals surface area contributed by atoms with Crippen LogP contribution in [0.15, 0.2) is 53.2 Å². The van der Waals surface area contributed by atoms with Crippen molar-refractivity contribution in [3.63, 3.8) is 0 Å². The molecular weight excluding hydrogens is 440 g/mol. The minimum atomic E-state index is -0.925. The molecule has 0 amide bonds. The third-order valence-corrected chi connectivity index (χ3v) is 7.07. The topological polar surface area (TPSA) is 64.3 Å². The first-order chi connectivity index (χ1) is 15.2. The van der Waals surface area contributed by atoms with Crippen LogP contribution in [0.3, 0.4) is 0 Å². The zero-order chi connectivity index (χ0) is 22.9. The lowest BCUT2D eigenvalue weighted by molar-refractivity contribution is 0.0696. The van der Waals surface area contributed by atoms with Gasteiger partial charge in [0.15, 0.2) is 0 Å². The van der Waals surface area contributed by atoms with Gasteiger partial charge in [-0.3, -0.25) is 0 Å². The number of hydrogen-bond acceptors (Lipinski definition) is 5. The Labute approximate surface area is 196 Å². The standard InChI is InChI=1S/C25H26N2O3S2/c1-16-20(24(28)29)12-22(27(16)13-19-6-5-11-31-19)21-15-32-23(26-21)14-30-18-9-7-17(8-10-18)25(2,3)4/h5-12,15H,13-14H2,1-4H3,(H,28,29). The van der Waals surface area contributed by atoms with E-state index in [2.05, 4.69) is 39.0 Å². The summed E-state index contributed by atoms with van der Waals surface area (Å²) in [6.07, 6.45) is 0. The molecule has 3 heterocycles. The van der Waals surface area contributed by atoms with Crippen LogP contribution in [0.25, 0.3) is 11.4 Å². The molecular formula is C25H26N2O3S2. The molecule has 4 rings (SSSR count). The van der Waals surface area contributed by atoms with Crippen LogP contribution >= 0.6 is 22.7 Å². The van der Waals surface area contributed by atoms with Crippen LogP contribution in [0, 0.1) is 6.92 Å². The second-order valence-corrected chi connectivity index (χ2v) is 10.7. The van der Waals surface area contributed by atoms with E-state index in [1.165, 1.54) is 21.8 Å². The Bertz CT molecular complexity index is 1210. The van der Waals surface area contributed by atoms with Crippen LogP contribution in [0.4, 0.5) is 0 Å². The van der Waals surface area contributed by atoms with Crippen molar-refractivity contribution in [2.75, 3.05) is 0 Å². The Morgan fingerprint density at radius 3 is 2.53 bits per heavy atom. The molecule has 4 aromatic rings. The fourth-order valence-electron chi connectivity index (χ4n) is 3.53. The van der Waals surface area contributed by atoms with Gasteiger partial charge >= 0.3 is 5.97 Å². The minimum Gasteiger partial charge on any atom is -0.486 e. The van der Waals surface area contributed by atoms with Crippen LogP contribution in [0.5, 0.6) is 5.75 Å². The normalized spacial score (nSPS) is 11.6. The van der Waals surface area contributed by atoms with E-state index in [1.54, 1.807) is 17.4 Å². The first-order valence-corrected chi connectivity index (χ1v) is 12.1. The maximum atomic E-state index is 11.7. The number of carboxylic acids is 1. The van der Waals surface area contributed by atoms with Crippen molar-refractivity contribution in [2.24, 2.45) is 0 Å². The minimum absolute atomic E-state index is 0.105. The molecule has 0 radical (unpaired) electrons. The number of aromatic nitrogens is 2. The molecule has 1 aromatic carbocycles. The molecule has 0 bridgehead atoms. The summed E-state index contributed by atoms with van der Waals surface area (Å²) in [6.45, 7) is 9.40. The number of ether oxygens (including phenoxy) is 1. The lowest BCUT2D eigenvalue weighted by Crippen LogP contribution is -2.10. The lowest BCUT2D eigenvalue weighted by Gasteiger charge is -2.19. The maximum absolute atomic E-state index is 11.7. The number of carbonyl (C=O) groups is 1. The predicted molar refractivity (Wildman–Crippen MR) is 130 cm³/mol. The highest BCUT2D eigenvalue weighted by atomic mass is 32.1. The Morgan fingerprint density at radius 1 is 1.16 bits per heavy atom. The zero-order valence-corrected chi connectivity index (χ0v) is 20.2. The molecule has 0 fully saturated rings. The Kier molecular flexibility index (Phi) is 6.22. The van der Waals surface area contributed by atoms with Gasteiger partial charge in [-0.15, -0.1) is 22.7 Å². The first kappa shape index (κ1) is 22.3. The second kappa shape index (κ2) is 8.92. The number of thiazole rings is 1. The molecule has 166 valence electrons. The highest BCUT2D eigenvalue weighted by Crippen LogP contribution is 2.30. The zero-order valence-electron chi connectivity index (χ0n) is 18.6. The van der Waals surface area contributed by atoms with Crippen molar-refractivity contribution in [2.45, 2.75) is 46.3 Å². The van der Waals surface area contributed by atoms with E-state index >= 15 is 0 Å². The van der Waals surface area contributed by atoms with Crippen molar-refractivity contribution in [1.82, 2.24) is 9.55 Å². The van der Waals surface area contributed by atoms with Crippen molar-refractivity contribution in [1.29, 1.82) is 0 Å². The predicted octanol–water partition coefficient (Wildman–Crippen LogP) is 6.60. The van der Waals surface area contributed by atoms with E-state index < -0.39 is 5.97 Å². The fraction of sp³-hybridized carbons (Fsp3) is 0.280. The molecule has 0 spiro atoms. The summed E-state index contributed by atoms with van der Waals surface area (Å²) in [5, 5.41) is 14.4. The summed E-state index contributed by atoms with van der Waals surface area (Å²) in [4.78, 5) is 17.6. The summed E-state index contributed by atoms with van der Waals surface area (Å²) in [7, 11) is 0. The van der Waals surface area contributed by atoms with Crippen molar-refractivity contribution in [3.05, 3.63) is 79.9 Å².